The van der Waals surface area contributed by atoms with Crippen LogP contribution >= 0.6 is 0 Å². The normalized spacial score (nSPS) is 9.91. The molecule has 2 aromatic rings. The van der Waals surface area contributed by atoms with Gasteiger partial charge in [0.05, 0.1) is 5.56 Å². The number of hydrazine groups is 1. The number of aryl methyl sites for hydroxylation is 1. The van der Waals surface area contributed by atoms with Gasteiger partial charge in [-0.1, -0.05) is 24.3 Å². The van der Waals surface area contributed by atoms with Gasteiger partial charge in [0.25, 0.3) is 11.8 Å². The lowest BCUT2D eigenvalue weighted by Gasteiger charge is -2.11. The smallest absolute Gasteiger partial charge is 0.268 e. The van der Waals surface area contributed by atoms with E-state index in [4.69, 9.17) is 10.6 Å². The zero-order chi connectivity index (χ0) is 15.9. The van der Waals surface area contributed by atoms with Crippen molar-refractivity contribution < 1.29 is 14.3 Å². The predicted molar refractivity (Wildman–Crippen MR) is 83.4 cm³/mol. The second-order valence-electron chi connectivity index (χ2n) is 4.68. The molecule has 0 aliphatic rings. The Morgan fingerprint density at radius 1 is 1.14 bits per heavy atom. The third-order valence-corrected chi connectivity index (χ3v) is 2.92. The Bertz CT molecular complexity index is 686. The van der Waals surface area contributed by atoms with E-state index in [2.05, 4.69) is 5.32 Å². The molecule has 0 heterocycles. The van der Waals surface area contributed by atoms with E-state index in [0.717, 1.165) is 5.56 Å². The number of nitrogens with two attached hydrogens (primary N) is 1. The highest BCUT2D eigenvalue weighted by atomic mass is 16.5. The minimum atomic E-state index is -0.477. The van der Waals surface area contributed by atoms with Crippen molar-refractivity contribution in [1.29, 1.82) is 0 Å². The number of rotatable bonds is 5. The lowest BCUT2D eigenvalue weighted by Crippen LogP contribution is -2.30. The van der Waals surface area contributed by atoms with Crippen LogP contribution in [0.4, 0.5) is 5.69 Å². The molecule has 0 atom stereocenters. The molecule has 114 valence electrons. The second-order valence-corrected chi connectivity index (χ2v) is 4.68. The van der Waals surface area contributed by atoms with Crippen molar-refractivity contribution in [2.24, 2.45) is 5.84 Å². The zero-order valence-electron chi connectivity index (χ0n) is 12.1. The molecule has 0 saturated heterocycles. The van der Waals surface area contributed by atoms with Crippen LogP contribution < -0.4 is 21.3 Å². The zero-order valence-corrected chi connectivity index (χ0v) is 12.1. The number of anilines is 1. The predicted octanol–water partition coefficient (Wildman–Crippen LogP) is 1.62. The Kier molecular flexibility index (Phi) is 5.11. The fourth-order valence-corrected chi connectivity index (χ4v) is 1.92. The number of carbonyl (C=O) groups is 2. The number of benzene rings is 2. The van der Waals surface area contributed by atoms with Gasteiger partial charge in [0.15, 0.2) is 6.61 Å². The van der Waals surface area contributed by atoms with Crippen LogP contribution in [-0.4, -0.2) is 18.4 Å². The molecule has 0 fully saturated rings. The maximum atomic E-state index is 11.9. The first-order valence-corrected chi connectivity index (χ1v) is 6.69. The lowest BCUT2D eigenvalue weighted by molar-refractivity contribution is -0.118. The van der Waals surface area contributed by atoms with E-state index in [1.807, 2.05) is 30.5 Å². The van der Waals surface area contributed by atoms with E-state index in [1.165, 1.54) is 0 Å². The lowest BCUT2D eigenvalue weighted by atomic mass is 10.2. The van der Waals surface area contributed by atoms with E-state index >= 15 is 0 Å². The first-order valence-electron chi connectivity index (χ1n) is 6.69. The quantitative estimate of drug-likeness (QED) is 0.444. The van der Waals surface area contributed by atoms with Gasteiger partial charge < -0.3 is 10.1 Å². The summed E-state index contributed by atoms with van der Waals surface area (Å²) in [6, 6.07) is 14.0. The average Bonchev–Trinajstić information content (AvgIpc) is 2.52. The van der Waals surface area contributed by atoms with Gasteiger partial charge in [-0.2, -0.15) is 0 Å². The van der Waals surface area contributed by atoms with Crippen LogP contribution in [0.1, 0.15) is 15.9 Å². The molecule has 2 amide bonds. The molecule has 0 aliphatic carbocycles. The van der Waals surface area contributed by atoms with Crippen molar-refractivity contribution >= 4 is 17.5 Å². The Labute approximate surface area is 128 Å². The Morgan fingerprint density at radius 3 is 2.64 bits per heavy atom. The molecule has 0 saturated carbocycles. The maximum absolute atomic E-state index is 11.9. The molecule has 6 nitrogen and oxygen atoms in total. The molecular weight excluding hydrogens is 282 g/mol. The van der Waals surface area contributed by atoms with Gasteiger partial charge in [0.1, 0.15) is 5.75 Å². The first-order chi connectivity index (χ1) is 10.6. The topological polar surface area (TPSA) is 93.4 Å². The summed E-state index contributed by atoms with van der Waals surface area (Å²) in [5.41, 5.74) is 4.05. The van der Waals surface area contributed by atoms with Crippen LogP contribution in [0, 0.1) is 6.92 Å². The third-order valence-electron chi connectivity index (χ3n) is 2.92. The summed E-state index contributed by atoms with van der Waals surface area (Å²) in [5, 5.41) is 2.73. The van der Waals surface area contributed by atoms with Crippen molar-refractivity contribution in [3.8, 4) is 5.75 Å². The molecule has 0 aromatic heterocycles. The summed E-state index contributed by atoms with van der Waals surface area (Å²) in [5.74, 6) is 4.62. The van der Waals surface area contributed by atoms with E-state index in [0.29, 0.717) is 11.4 Å². The number of ether oxygens (including phenoxy) is 1. The maximum Gasteiger partial charge on any atom is 0.268 e. The highest BCUT2D eigenvalue weighted by Crippen LogP contribution is 2.17. The molecule has 0 spiro atoms. The molecule has 0 unspecified atom stereocenters. The first kappa shape index (κ1) is 15.5. The fraction of sp³-hybridized carbons (Fsp3) is 0.125. The number of amides is 2. The number of hydrogen-bond acceptors (Lipinski definition) is 4. The standard InChI is InChI=1S/C16H17N3O3/c1-11-5-4-6-12(9-11)18-15(20)10-22-14-8-3-2-7-13(14)16(21)19-17/h2-9H,10,17H2,1H3,(H,18,20)(H,19,21). The van der Waals surface area contributed by atoms with Gasteiger partial charge in [0, 0.05) is 5.69 Å². The molecule has 0 aliphatic heterocycles. The van der Waals surface area contributed by atoms with Crippen LogP contribution in [0.15, 0.2) is 48.5 Å². The van der Waals surface area contributed by atoms with E-state index < -0.39 is 5.91 Å². The third kappa shape index (κ3) is 4.07. The SMILES string of the molecule is Cc1cccc(NC(=O)COc2ccccc2C(=O)NN)c1. The van der Waals surface area contributed by atoms with E-state index in [9.17, 15) is 9.59 Å². The number of para-hydroxylation sites is 1. The summed E-state index contributed by atoms with van der Waals surface area (Å²) < 4.78 is 5.40. The van der Waals surface area contributed by atoms with Crippen molar-refractivity contribution in [3.63, 3.8) is 0 Å². The van der Waals surface area contributed by atoms with Crippen LogP contribution in [0.3, 0.4) is 0 Å². The highest BCUT2D eigenvalue weighted by Gasteiger charge is 2.12. The molecule has 2 rings (SSSR count). The van der Waals surface area contributed by atoms with Gasteiger partial charge in [-0.3, -0.25) is 15.0 Å². The molecule has 0 radical (unpaired) electrons. The van der Waals surface area contributed by atoms with Gasteiger partial charge in [-0.05, 0) is 36.8 Å². The number of hydrogen-bond donors (Lipinski definition) is 3. The average molecular weight is 299 g/mol. The van der Waals surface area contributed by atoms with Gasteiger partial charge >= 0.3 is 0 Å². The molecule has 6 heteroatoms. The second kappa shape index (κ2) is 7.24. The summed E-state index contributed by atoms with van der Waals surface area (Å²) in [6.07, 6.45) is 0. The molecule has 22 heavy (non-hydrogen) atoms. The summed E-state index contributed by atoms with van der Waals surface area (Å²) >= 11 is 0. The molecule has 0 bridgehead atoms. The molecule has 4 N–H and O–H groups in total. The Hall–Kier alpha value is -2.86. The minimum absolute atomic E-state index is 0.206. The highest BCUT2D eigenvalue weighted by molar-refractivity contribution is 5.97. The van der Waals surface area contributed by atoms with Crippen LogP contribution in [0.5, 0.6) is 5.75 Å². The minimum Gasteiger partial charge on any atom is -0.483 e. The number of carbonyl (C=O) groups excluding carboxylic acids is 2. The van der Waals surface area contributed by atoms with Crippen LogP contribution in [0.25, 0.3) is 0 Å². The number of nitrogen functional groups attached to an aromatic ring is 1. The van der Waals surface area contributed by atoms with E-state index in [-0.39, 0.29) is 18.1 Å². The van der Waals surface area contributed by atoms with Crippen LogP contribution in [-0.2, 0) is 4.79 Å². The van der Waals surface area contributed by atoms with Crippen molar-refractivity contribution in [2.45, 2.75) is 6.92 Å². The molecular formula is C16H17N3O3. The van der Waals surface area contributed by atoms with Crippen molar-refractivity contribution in [1.82, 2.24) is 5.43 Å². The Morgan fingerprint density at radius 2 is 1.91 bits per heavy atom. The summed E-state index contributed by atoms with van der Waals surface area (Å²) in [6.45, 7) is 1.73. The summed E-state index contributed by atoms with van der Waals surface area (Å²) in [7, 11) is 0. The largest absolute Gasteiger partial charge is 0.483 e. The monoisotopic (exact) mass is 299 g/mol. The van der Waals surface area contributed by atoms with Gasteiger partial charge in [-0.15, -0.1) is 0 Å². The van der Waals surface area contributed by atoms with Crippen molar-refractivity contribution in [3.05, 3.63) is 59.7 Å². The van der Waals surface area contributed by atoms with Gasteiger partial charge in [0.2, 0.25) is 0 Å². The van der Waals surface area contributed by atoms with E-state index in [1.54, 1.807) is 30.3 Å². The summed E-state index contributed by atoms with van der Waals surface area (Å²) in [4.78, 5) is 23.5. The molecule has 2 aromatic carbocycles. The van der Waals surface area contributed by atoms with Crippen LogP contribution in [0.2, 0.25) is 0 Å². The number of nitrogens with one attached hydrogen (secondary N) is 2. The van der Waals surface area contributed by atoms with Crippen molar-refractivity contribution in [2.75, 3.05) is 11.9 Å². The Balaban J connectivity index is 1.98. The fourth-order valence-electron chi connectivity index (χ4n) is 1.92. The van der Waals surface area contributed by atoms with Gasteiger partial charge in [-0.25, -0.2) is 5.84 Å².